The van der Waals surface area contributed by atoms with Gasteiger partial charge in [-0.05, 0) is 24.8 Å². The highest BCUT2D eigenvalue weighted by Crippen LogP contribution is 2.26. The molecule has 1 fully saturated rings. The summed E-state index contributed by atoms with van der Waals surface area (Å²) in [6, 6.07) is -0.583. The van der Waals surface area contributed by atoms with Gasteiger partial charge in [-0.25, -0.2) is 0 Å². The van der Waals surface area contributed by atoms with E-state index in [4.69, 9.17) is 10.6 Å². The molecule has 1 aliphatic rings. The minimum Gasteiger partial charge on any atom is -0.481 e. The molecule has 0 spiro atoms. The van der Waals surface area contributed by atoms with Crippen molar-refractivity contribution in [3.63, 3.8) is 0 Å². The number of carboxylic acids is 1. The fourth-order valence-electron chi connectivity index (χ4n) is 1.55. The van der Waals surface area contributed by atoms with Gasteiger partial charge >= 0.3 is 5.97 Å². The molecular weight excluding hydrogens is 174 g/mol. The van der Waals surface area contributed by atoms with Gasteiger partial charge in [-0.2, -0.15) is 0 Å². The zero-order valence-electron chi connectivity index (χ0n) is 7.00. The predicted octanol–water partition coefficient (Wildman–Crippen LogP) is 0.911. The largest absolute Gasteiger partial charge is 0.481 e. The average molecular weight is 185 g/mol. The van der Waals surface area contributed by atoms with Crippen LogP contribution in [0.25, 0.3) is 10.4 Å². The standard InChI is InChI=1S/C7H11N3O3/c8-10-9-5-3-4(7(12)13)1-2-6(5)11/h4-6,11H,1-3H2,(H,12,13)/t4-,5+,6+/m0/s1. The van der Waals surface area contributed by atoms with E-state index in [-0.39, 0.29) is 6.42 Å². The van der Waals surface area contributed by atoms with Crippen molar-refractivity contribution < 1.29 is 15.0 Å². The van der Waals surface area contributed by atoms with E-state index >= 15 is 0 Å². The number of aliphatic hydroxyl groups excluding tert-OH is 1. The third kappa shape index (κ3) is 2.34. The van der Waals surface area contributed by atoms with Crippen LogP contribution in [0, 0.1) is 5.92 Å². The van der Waals surface area contributed by atoms with Crippen molar-refractivity contribution in [3.8, 4) is 0 Å². The molecule has 13 heavy (non-hydrogen) atoms. The van der Waals surface area contributed by atoms with Crippen LogP contribution < -0.4 is 0 Å². The number of azide groups is 1. The van der Waals surface area contributed by atoms with Gasteiger partial charge in [0, 0.05) is 4.91 Å². The summed E-state index contributed by atoms with van der Waals surface area (Å²) in [5.41, 5.74) is 8.16. The van der Waals surface area contributed by atoms with Crippen molar-refractivity contribution in [1.82, 2.24) is 0 Å². The molecule has 3 atom stereocenters. The lowest BCUT2D eigenvalue weighted by molar-refractivity contribution is -0.143. The molecule has 0 bridgehead atoms. The Bertz CT molecular complexity index is 249. The third-order valence-electron chi connectivity index (χ3n) is 2.33. The summed E-state index contributed by atoms with van der Waals surface area (Å²) in [6.07, 6.45) is 0.390. The van der Waals surface area contributed by atoms with E-state index in [1.54, 1.807) is 0 Å². The van der Waals surface area contributed by atoms with Gasteiger partial charge < -0.3 is 10.2 Å². The number of hydrogen-bond donors (Lipinski definition) is 2. The van der Waals surface area contributed by atoms with Crippen molar-refractivity contribution >= 4 is 5.97 Å². The third-order valence-corrected chi connectivity index (χ3v) is 2.33. The summed E-state index contributed by atoms with van der Waals surface area (Å²) in [7, 11) is 0. The number of rotatable bonds is 2. The normalized spacial score (nSPS) is 33.5. The summed E-state index contributed by atoms with van der Waals surface area (Å²) < 4.78 is 0. The molecule has 2 N–H and O–H groups in total. The first-order valence-corrected chi connectivity index (χ1v) is 4.10. The molecule has 0 unspecified atom stereocenters. The molecule has 0 aliphatic heterocycles. The molecule has 6 nitrogen and oxygen atoms in total. The van der Waals surface area contributed by atoms with E-state index in [0.29, 0.717) is 12.8 Å². The number of carboxylic acid groups (broad SMARTS) is 1. The molecule has 0 aromatic heterocycles. The van der Waals surface area contributed by atoms with Gasteiger partial charge in [-0.15, -0.1) is 0 Å². The van der Waals surface area contributed by atoms with E-state index in [9.17, 15) is 9.90 Å². The number of carbonyl (C=O) groups is 1. The smallest absolute Gasteiger partial charge is 0.306 e. The fraction of sp³-hybridized carbons (Fsp3) is 0.857. The monoisotopic (exact) mass is 185 g/mol. The van der Waals surface area contributed by atoms with Crippen LogP contribution in [0.5, 0.6) is 0 Å². The van der Waals surface area contributed by atoms with Crippen LogP contribution in [-0.4, -0.2) is 28.3 Å². The van der Waals surface area contributed by atoms with E-state index < -0.39 is 24.0 Å². The molecule has 6 heteroatoms. The van der Waals surface area contributed by atoms with Crippen LogP contribution in [0.15, 0.2) is 5.11 Å². The minimum atomic E-state index is -0.884. The van der Waals surface area contributed by atoms with Crippen LogP contribution >= 0.6 is 0 Å². The first kappa shape index (κ1) is 9.83. The predicted molar refractivity (Wildman–Crippen MR) is 43.9 cm³/mol. The molecule has 0 radical (unpaired) electrons. The van der Waals surface area contributed by atoms with Gasteiger partial charge in [0.25, 0.3) is 0 Å². The maximum Gasteiger partial charge on any atom is 0.306 e. The zero-order chi connectivity index (χ0) is 9.84. The van der Waals surface area contributed by atoms with E-state index in [1.165, 1.54) is 0 Å². The summed E-state index contributed by atoms with van der Waals surface area (Å²) >= 11 is 0. The number of aliphatic hydroxyl groups is 1. The average Bonchev–Trinajstić information content (AvgIpc) is 2.08. The summed E-state index contributed by atoms with van der Waals surface area (Å²) in [5.74, 6) is -1.37. The van der Waals surface area contributed by atoms with Gasteiger partial charge in [0.1, 0.15) is 0 Å². The second-order valence-corrected chi connectivity index (χ2v) is 3.19. The SMILES string of the molecule is [N-]=[N+]=N[C@@H]1C[C@@H](C(=O)O)CC[C@H]1O. The van der Waals surface area contributed by atoms with Crippen LogP contribution in [0.2, 0.25) is 0 Å². The van der Waals surface area contributed by atoms with Gasteiger partial charge in [0.2, 0.25) is 0 Å². The minimum absolute atomic E-state index is 0.237. The first-order valence-electron chi connectivity index (χ1n) is 4.10. The highest BCUT2D eigenvalue weighted by Gasteiger charge is 2.31. The van der Waals surface area contributed by atoms with Crippen molar-refractivity contribution in [1.29, 1.82) is 0 Å². The molecular formula is C7H11N3O3. The maximum absolute atomic E-state index is 10.6. The summed E-state index contributed by atoms with van der Waals surface area (Å²) in [4.78, 5) is 13.2. The summed E-state index contributed by atoms with van der Waals surface area (Å²) in [5, 5.41) is 21.4. The second kappa shape index (κ2) is 4.11. The highest BCUT2D eigenvalue weighted by atomic mass is 16.4. The van der Waals surface area contributed by atoms with Crippen LogP contribution in [0.1, 0.15) is 19.3 Å². The van der Waals surface area contributed by atoms with Crippen molar-refractivity contribution in [2.75, 3.05) is 0 Å². The lowest BCUT2D eigenvalue weighted by Gasteiger charge is -2.27. The lowest BCUT2D eigenvalue weighted by Crippen LogP contribution is -2.34. The molecule has 0 aromatic rings. The van der Waals surface area contributed by atoms with Crippen LogP contribution in [0.3, 0.4) is 0 Å². The Morgan fingerprint density at radius 1 is 1.54 bits per heavy atom. The molecule has 0 heterocycles. The van der Waals surface area contributed by atoms with E-state index in [0.717, 1.165) is 0 Å². The molecule has 1 rings (SSSR count). The van der Waals surface area contributed by atoms with Crippen molar-refractivity contribution in [2.45, 2.75) is 31.4 Å². The Balaban J connectivity index is 2.62. The first-order chi connectivity index (χ1) is 6.15. The molecule has 0 saturated heterocycles. The molecule has 0 amide bonds. The highest BCUT2D eigenvalue weighted by molar-refractivity contribution is 5.70. The van der Waals surface area contributed by atoms with E-state index in [1.807, 2.05) is 0 Å². The van der Waals surface area contributed by atoms with Crippen LogP contribution in [-0.2, 0) is 4.79 Å². The quantitative estimate of drug-likeness (QED) is 0.379. The topological polar surface area (TPSA) is 106 Å². The van der Waals surface area contributed by atoms with Crippen molar-refractivity contribution in [3.05, 3.63) is 10.4 Å². The number of nitrogens with zero attached hydrogens (tertiary/aromatic N) is 3. The number of hydrogen-bond acceptors (Lipinski definition) is 3. The molecule has 1 aliphatic carbocycles. The fourth-order valence-corrected chi connectivity index (χ4v) is 1.55. The van der Waals surface area contributed by atoms with Crippen molar-refractivity contribution in [2.24, 2.45) is 11.0 Å². The van der Waals surface area contributed by atoms with Gasteiger partial charge in [0.05, 0.1) is 18.1 Å². The molecule has 72 valence electrons. The Hall–Kier alpha value is -1.26. The lowest BCUT2D eigenvalue weighted by atomic mass is 9.84. The molecule has 0 aromatic carbocycles. The Labute approximate surface area is 74.8 Å². The second-order valence-electron chi connectivity index (χ2n) is 3.19. The van der Waals surface area contributed by atoms with Gasteiger partial charge in [-0.3, -0.25) is 4.79 Å². The zero-order valence-corrected chi connectivity index (χ0v) is 7.00. The molecule has 1 saturated carbocycles. The summed E-state index contributed by atoms with van der Waals surface area (Å²) in [6.45, 7) is 0. The Morgan fingerprint density at radius 3 is 2.77 bits per heavy atom. The van der Waals surface area contributed by atoms with Gasteiger partial charge in [-0.1, -0.05) is 5.11 Å². The Kier molecular flexibility index (Phi) is 3.11. The van der Waals surface area contributed by atoms with E-state index in [2.05, 4.69) is 10.0 Å². The maximum atomic E-state index is 10.6. The Morgan fingerprint density at radius 2 is 2.23 bits per heavy atom. The number of aliphatic carboxylic acids is 1. The van der Waals surface area contributed by atoms with Crippen LogP contribution in [0.4, 0.5) is 0 Å². The van der Waals surface area contributed by atoms with Gasteiger partial charge in [0.15, 0.2) is 0 Å².